The Bertz CT molecular complexity index is 3500. The van der Waals surface area contributed by atoms with E-state index in [0.717, 1.165) is 50.7 Å². The maximum absolute atomic E-state index is 14.0. The molecule has 0 atom stereocenters. The van der Waals surface area contributed by atoms with Gasteiger partial charge in [-0.15, -0.1) is 11.3 Å². The molecule has 3 aromatic heterocycles. The first-order chi connectivity index (χ1) is 31.0. The molecule has 310 valence electrons. The molecule has 64 heavy (non-hydrogen) atoms. The summed E-state index contributed by atoms with van der Waals surface area (Å²) in [6.07, 6.45) is -9.98. The standard InChI is InChI=1S/C53H30F6N4S/c54-52(55,56)37-25-36(26-38(30-37)53(57,58)59)35-20-22-45-41(27-35)39-15-7-9-17-44(39)63(45)46-23-19-33(34-21-24-48-42(28-34)40-16-8-10-18-47(40)64-48)29-43(46)51-61-49(31-11-3-1-4-12-31)60-50(62-51)32-13-5-2-6-14-32/h1-30H. The van der Waals surface area contributed by atoms with Crippen molar-refractivity contribution in [3.05, 3.63) is 193 Å². The van der Waals surface area contributed by atoms with Crippen molar-refractivity contribution < 1.29 is 26.3 Å². The molecule has 0 spiro atoms. The number of para-hydroxylation sites is 1. The molecule has 0 aliphatic carbocycles. The highest BCUT2D eigenvalue weighted by molar-refractivity contribution is 7.25. The van der Waals surface area contributed by atoms with E-state index in [1.165, 1.54) is 14.8 Å². The zero-order valence-electron chi connectivity index (χ0n) is 33.3. The van der Waals surface area contributed by atoms with Gasteiger partial charge in [0.15, 0.2) is 17.5 Å². The average molecular weight is 869 g/mol. The lowest BCUT2D eigenvalue weighted by Crippen LogP contribution is -2.11. The van der Waals surface area contributed by atoms with E-state index in [0.29, 0.717) is 39.6 Å². The second-order valence-electron chi connectivity index (χ2n) is 15.5. The summed E-state index contributed by atoms with van der Waals surface area (Å²) >= 11 is 1.74. The Morgan fingerprint density at radius 1 is 0.359 bits per heavy atom. The van der Waals surface area contributed by atoms with Crippen LogP contribution in [-0.2, 0) is 12.4 Å². The number of benzene rings is 8. The fourth-order valence-electron chi connectivity index (χ4n) is 8.46. The third-order valence-corrected chi connectivity index (χ3v) is 12.6. The van der Waals surface area contributed by atoms with E-state index in [2.05, 4.69) is 36.4 Å². The van der Waals surface area contributed by atoms with Crippen molar-refractivity contribution in [1.29, 1.82) is 0 Å². The molecule has 8 aromatic carbocycles. The summed E-state index contributed by atoms with van der Waals surface area (Å²) in [6.45, 7) is 0. The van der Waals surface area contributed by atoms with Crippen molar-refractivity contribution in [2.75, 3.05) is 0 Å². The summed E-state index contributed by atoms with van der Waals surface area (Å²) in [4.78, 5) is 15.2. The lowest BCUT2D eigenvalue weighted by atomic mass is 9.97. The number of hydrogen-bond donors (Lipinski definition) is 0. The molecule has 3 heterocycles. The van der Waals surface area contributed by atoms with E-state index in [1.54, 1.807) is 29.5 Å². The molecule has 0 bridgehead atoms. The maximum Gasteiger partial charge on any atom is 0.416 e. The van der Waals surface area contributed by atoms with Crippen LogP contribution in [0.3, 0.4) is 0 Å². The Balaban J connectivity index is 1.17. The first-order valence-electron chi connectivity index (χ1n) is 20.2. The van der Waals surface area contributed by atoms with E-state index in [9.17, 15) is 26.3 Å². The number of fused-ring (bicyclic) bond motifs is 6. The summed E-state index contributed by atoms with van der Waals surface area (Å²) in [6, 6.07) is 54.4. The van der Waals surface area contributed by atoms with Gasteiger partial charge in [0.25, 0.3) is 0 Å². The smallest absolute Gasteiger partial charge is 0.309 e. The first-order valence-corrected chi connectivity index (χ1v) is 21.0. The molecule has 0 fully saturated rings. The van der Waals surface area contributed by atoms with E-state index in [-0.39, 0.29) is 17.2 Å². The van der Waals surface area contributed by atoms with Gasteiger partial charge >= 0.3 is 12.4 Å². The SMILES string of the molecule is FC(F)(F)c1cc(-c2ccc3c(c2)c2ccccc2n3-c2ccc(-c3ccc4sc5ccccc5c4c3)cc2-c2nc(-c3ccccc3)nc(-c3ccccc3)n2)cc(C(F)(F)F)c1. The van der Waals surface area contributed by atoms with Crippen LogP contribution in [0.1, 0.15) is 11.1 Å². The summed E-state index contributed by atoms with van der Waals surface area (Å²) in [7, 11) is 0. The third-order valence-electron chi connectivity index (χ3n) is 11.5. The minimum absolute atomic E-state index is 0.146. The fraction of sp³-hybridized carbons (Fsp3) is 0.0377. The normalized spacial score (nSPS) is 12.2. The van der Waals surface area contributed by atoms with Crippen molar-refractivity contribution in [2.24, 2.45) is 0 Å². The zero-order valence-corrected chi connectivity index (χ0v) is 34.1. The van der Waals surface area contributed by atoms with Crippen LogP contribution in [-0.4, -0.2) is 19.5 Å². The number of rotatable bonds is 6. The van der Waals surface area contributed by atoms with Crippen LogP contribution in [0.2, 0.25) is 0 Å². The molecule has 0 N–H and O–H groups in total. The lowest BCUT2D eigenvalue weighted by Gasteiger charge is -2.17. The van der Waals surface area contributed by atoms with Gasteiger partial charge in [0.1, 0.15) is 0 Å². The molecular formula is C53H30F6N4S. The third kappa shape index (κ3) is 6.94. The van der Waals surface area contributed by atoms with E-state index in [1.807, 2.05) is 114 Å². The van der Waals surface area contributed by atoms with E-state index < -0.39 is 23.5 Å². The molecule has 0 radical (unpaired) electrons. The van der Waals surface area contributed by atoms with Crippen LogP contribution < -0.4 is 0 Å². The summed E-state index contributed by atoms with van der Waals surface area (Å²) in [5.74, 6) is 1.34. The van der Waals surface area contributed by atoms with Crippen molar-refractivity contribution >= 4 is 53.3 Å². The molecule has 0 aliphatic heterocycles. The van der Waals surface area contributed by atoms with Crippen molar-refractivity contribution in [3.8, 4) is 62.1 Å². The van der Waals surface area contributed by atoms with Crippen LogP contribution >= 0.6 is 11.3 Å². The maximum atomic E-state index is 14.0. The van der Waals surface area contributed by atoms with Crippen LogP contribution in [0.4, 0.5) is 26.3 Å². The molecule has 0 amide bonds. The highest BCUT2D eigenvalue weighted by atomic mass is 32.1. The predicted octanol–water partition coefficient (Wildman–Crippen LogP) is 15.7. The van der Waals surface area contributed by atoms with Gasteiger partial charge in [-0.25, -0.2) is 15.0 Å². The minimum Gasteiger partial charge on any atom is -0.309 e. The van der Waals surface area contributed by atoms with Gasteiger partial charge in [0.2, 0.25) is 0 Å². The van der Waals surface area contributed by atoms with Crippen molar-refractivity contribution in [3.63, 3.8) is 0 Å². The molecule has 0 saturated heterocycles. The number of aromatic nitrogens is 4. The van der Waals surface area contributed by atoms with Gasteiger partial charge in [0, 0.05) is 47.6 Å². The Labute approximate surface area is 365 Å². The molecule has 11 rings (SSSR count). The average Bonchev–Trinajstić information content (AvgIpc) is 3.86. The Morgan fingerprint density at radius 3 is 1.53 bits per heavy atom. The van der Waals surface area contributed by atoms with Gasteiger partial charge in [0.05, 0.1) is 27.8 Å². The molecule has 4 nitrogen and oxygen atoms in total. The van der Waals surface area contributed by atoms with E-state index >= 15 is 0 Å². The topological polar surface area (TPSA) is 43.6 Å². The first kappa shape index (κ1) is 39.2. The molecule has 0 unspecified atom stereocenters. The highest BCUT2D eigenvalue weighted by Gasteiger charge is 2.37. The van der Waals surface area contributed by atoms with Crippen LogP contribution in [0.15, 0.2) is 182 Å². The largest absolute Gasteiger partial charge is 0.416 e. The number of alkyl halides is 6. The van der Waals surface area contributed by atoms with Crippen molar-refractivity contribution in [2.45, 2.75) is 12.4 Å². The quantitative estimate of drug-likeness (QED) is 0.156. The van der Waals surface area contributed by atoms with Crippen LogP contribution in [0, 0.1) is 0 Å². The van der Waals surface area contributed by atoms with Gasteiger partial charge in [-0.2, -0.15) is 26.3 Å². The Kier molecular flexibility index (Phi) is 9.21. The molecular weight excluding hydrogens is 839 g/mol. The molecule has 0 saturated carbocycles. The molecule has 11 heteroatoms. The highest BCUT2D eigenvalue weighted by Crippen LogP contribution is 2.43. The number of halogens is 6. The fourth-order valence-corrected chi connectivity index (χ4v) is 9.54. The molecule has 11 aromatic rings. The number of hydrogen-bond acceptors (Lipinski definition) is 4. The lowest BCUT2D eigenvalue weighted by molar-refractivity contribution is -0.143. The van der Waals surface area contributed by atoms with Gasteiger partial charge in [-0.3, -0.25) is 0 Å². The van der Waals surface area contributed by atoms with Gasteiger partial charge < -0.3 is 4.57 Å². The molecule has 0 aliphatic rings. The minimum atomic E-state index is -4.99. The summed E-state index contributed by atoms with van der Waals surface area (Å²) in [5, 5.41) is 3.69. The van der Waals surface area contributed by atoms with Crippen LogP contribution in [0.25, 0.3) is 104 Å². The second kappa shape index (κ2) is 15.0. The number of thiophene rings is 1. The predicted molar refractivity (Wildman–Crippen MR) is 244 cm³/mol. The summed E-state index contributed by atoms with van der Waals surface area (Å²) < 4.78 is 88.4. The van der Waals surface area contributed by atoms with Crippen LogP contribution in [0.5, 0.6) is 0 Å². The monoisotopic (exact) mass is 868 g/mol. The second-order valence-corrected chi connectivity index (χ2v) is 16.5. The summed E-state index contributed by atoms with van der Waals surface area (Å²) in [5.41, 5.74) is 3.54. The van der Waals surface area contributed by atoms with Gasteiger partial charge in [-0.05, 0) is 89.0 Å². The Hall–Kier alpha value is -7.63. The van der Waals surface area contributed by atoms with E-state index in [4.69, 9.17) is 15.0 Å². The van der Waals surface area contributed by atoms with Crippen molar-refractivity contribution in [1.82, 2.24) is 19.5 Å². The Morgan fingerprint density at radius 2 is 0.859 bits per heavy atom. The van der Waals surface area contributed by atoms with Gasteiger partial charge in [-0.1, -0.05) is 115 Å². The number of nitrogens with zero attached hydrogens (tertiary/aromatic N) is 4. The zero-order chi connectivity index (χ0) is 43.7.